The van der Waals surface area contributed by atoms with E-state index in [0.717, 1.165) is 5.69 Å². The summed E-state index contributed by atoms with van der Waals surface area (Å²) in [6, 6.07) is 5.25. The van der Waals surface area contributed by atoms with Crippen molar-refractivity contribution in [2.24, 2.45) is 0 Å². The summed E-state index contributed by atoms with van der Waals surface area (Å²) in [4.78, 5) is 0. The molecule has 1 heterocycles. The van der Waals surface area contributed by atoms with Gasteiger partial charge in [0.2, 0.25) is 0 Å². The highest BCUT2D eigenvalue weighted by Crippen LogP contribution is 2.38. The zero-order chi connectivity index (χ0) is 9.47. The molecule has 1 unspecified atom stereocenters. The van der Waals surface area contributed by atoms with E-state index < -0.39 is 5.67 Å². The van der Waals surface area contributed by atoms with Crippen molar-refractivity contribution < 1.29 is 4.39 Å². The van der Waals surface area contributed by atoms with Crippen LogP contribution >= 0.6 is 11.6 Å². The molecule has 2 rings (SSSR count). The van der Waals surface area contributed by atoms with Gasteiger partial charge in [0.1, 0.15) is 5.67 Å². The van der Waals surface area contributed by atoms with E-state index in [2.05, 4.69) is 5.32 Å². The molecule has 1 N–H and O–H groups in total. The number of halogens is 2. The molecular formula is C10H11ClFN. The highest BCUT2D eigenvalue weighted by molar-refractivity contribution is 6.30. The van der Waals surface area contributed by atoms with Gasteiger partial charge in [-0.15, -0.1) is 0 Å². The number of alkyl halides is 1. The second-order valence-electron chi connectivity index (χ2n) is 3.56. The minimum atomic E-state index is -1.22. The minimum absolute atomic E-state index is 0.516. The summed E-state index contributed by atoms with van der Waals surface area (Å²) >= 11 is 5.81. The van der Waals surface area contributed by atoms with Gasteiger partial charge in [-0.1, -0.05) is 17.7 Å². The average molecular weight is 200 g/mol. The Kier molecular flexibility index (Phi) is 1.95. The van der Waals surface area contributed by atoms with E-state index in [0.29, 0.717) is 23.6 Å². The third-order valence-corrected chi connectivity index (χ3v) is 2.69. The second-order valence-corrected chi connectivity index (χ2v) is 4.00. The lowest BCUT2D eigenvalue weighted by Gasteiger charge is -2.29. The van der Waals surface area contributed by atoms with Crippen molar-refractivity contribution in [1.82, 2.24) is 0 Å². The van der Waals surface area contributed by atoms with Gasteiger partial charge in [0.15, 0.2) is 0 Å². The fraction of sp³-hybridized carbons (Fsp3) is 0.400. The molecule has 1 aromatic carbocycles. The number of hydrogen-bond donors (Lipinski definition) is 1. The molecule has 1 aromatic rings. The van der Waals surface area contributed by atoms with Crippen LogP contribution in [-0.4, -0.2) is 6.54 Å². The molecule has 0 amide bonds. The summed E-state index contributed by atoms with van der Waals surface area (Å²) in [5.41, 5.74) is 0.317. The molecule has 3 heteroatoms. The number of rotatable bonds is 0. The van der Waals surface area contributed by atoms with E-state index >= 15 is 0 Å². The Labute approximate surface area is 81.9 Å². The van der Waals surface area contributed by atoms with E-state index in [9.17, 15) is 4.39 Å². The molecule has 70 valence electrons. The van der Waals surface area contributed by atoms with Gasteiger partial charge in [-0.05, 0) is 19.1 Å². The van der Waals surface area contributed by atoms with E-state index in [1.54, 1.807) is 25.1 Å². The Morgan fingerprint density at radius 2 is 2.31 bits per heavy atom. The standard InChI is InChI=1S/C10H11ClFN/c1-10(12)4-5-13-9-6-7(11)2-3-8(9)10/h2-3,6,13H,4-5H2,1H3. The Bertz CT molecular complexity index is 336. The SMILES string of the molecule is CC1(F)CCNc2cc(Cl)ccc21. The molecule has 0 radical (unpaired) electrons. The first-order chi connectivity index (χ1) is 6.09. The minimum Gasteiger partial charge on any atom is -0.385 e. The first kappa shape index (κ1) is 8.82. The summed E-state index contributed by atoms with van der Waals surface area (Å²) < 4.78 is 13.9. The van der Waals surface area contributed by atoms with Gasteiger partial charge >= 0.3 is 0 Å². The molecule has 0 aliphatic carbocycles. The second kappa shape index (κ2) is 2.88. The van der Waals surface area contributed by atoms with Crippen LogP contribution < -0.4 is 5.32 Å². The van der Waals surface area contributed by atoms with Gasteiger partial charge in [0, 0.05) is 29.2 Å². The van der Waals surface area contributed by atoms with Crippen LogP contribution in [0.5, 0.6) is 0 Å². The number of fused-ring (bicyclic) bond motifs is 1. The smallest absolute Gasteiger partial charge is 0.136 e. The molecule has 0 saturated heterocycles. The van der Waals surface area contributed by atoms with Crippen LogP contribution in [0.4, 0.5) is 10.1 Å². The van der Waals surface area contributed by atoms with E-state index in [1.807, 2.05) is 0 Å². The van der Waals surface area contributed by atoms with Crippen molar-refractivity contribution in [3.05, 3.63) is 28.8 Å². The van der Waals surface area contributed by atoms with Crippen LogP contribution in [0.2, 0.25) is 5.02 Å². The molecule has 13 heavy (non-hydrogen) atoms. The average Bonchev–Trinajstić information content (AvgIpc) is 2.02. The number of nitrogens with one attached hydrogen (secondary N) is 1. The zero-order valence-electron chi connectivity index (χ0n) is 7.40. The predicted molar refractivity (Wildman–Crippen MR) is 53.0 cm³/mol. The Morgan fingerprint density at radius 3 is 3.08 bits per heavy atom. The number of benzene rings is 1. The van der Waals surface area contributed by atoms with Gasteiger partial charge in [0.05, 0.1) is 0 Å². The van der Waals surface area contributed by atoms with Gasteiger partial charge in [-0.25, -0.2) is 4.39 Å². The molecule has 1 aliphatic heterocycles. The lowest BCUT2D eigenvalue weighted by Crippen LogP contribution is -2.26. The third-order valence-electron chi connectivity index (χ3n) is 2.45. The Hall–Kier alpha value is -0.760. The highest BCUT2D eigenvalue weighted by atomic mass is 35.5. The molecule has 0 aromatic heterocycles. The maximum atomic E-state index is 13.9. The van der Waals surface area contributed by atoms with Crippen molar-refractivity contribution in [3.8, 4) is 0 Å². The molecule has 0 fully saturated rings. The van der Waals surface area contributed by atoms with Crippen molar-refractivity contribution in [1.29, 1.82) is 0 Å². The van der Waals surface area contributed by atoms with Crippen LogP contribution in [-0.2, 0) is 5.67 Å². The van der Waals surface area contributed by atoms with Crippen molar-refractivity contribution >= 4 is 17.3 Å². The van der Waals surface area contributed by atoms with Crippen molar-refractivity contribution in [2.75, 3.05) is 11.9 Å². The van der Waals surface area contributed by atoms with Gasteiger partial charge in [0.25, 0.3) is 0 Å². The van der Waals surface area contributed by atoms with E-state index in [4.69, 9.17) is 11.6 Å². The lowest BCUT2D eigenvalue weighted by molar-refractivity contribution is 0.178. The molecule has 1 nitrogen and oxygen atoms in total. The predicted octanol–water partition coefficient (Wildman–Crippen LogP) is 3.34. The summed E-state index contributed by atoms with van der Waals surface area (Å²) in [6.07, 6.45) is 0.516. The Balaban J connectivity index is 2.53. The fourth-order valence-electron chi connectivity index (χ4n) is 1.68. The maximum absolute atomic E-state index is 13.9. The third kappa shape index (κ3) is 1.51. The lowest BCUT2D eigenvalue weighted by atomic mass is 9.90. The number of hydrogen-bond acceptors (Lipinski definition) is 1. The van der Waals surface area contributed by atoms with Gasteiger partial charge in [-0.2, -0.15) is 0 Å². The molecule has 0 bridgehead atoms. The topological polar surface area (TPSA) is 12.0 Å². The summed E-state index contributed by atoms with van der Waals surface area (Å²) in [7, 11) is 0. The number of anilines is 1. The molecule has 1 atom stereocenters. The van der Waals surface area contributed by atoms with E-state index in [1.165, 1.54) is 0 Å². The van der Waals surface area contributed by atoms with Crippen LogP contribution in [0.1, 0.15) is 18.9 Å². The van der Waals surface area contributed by atoms with Gasteiger partial charge < -0.3 is 5.32 Å². The van der Waals surface area contributed by atoms with Crippen LogP contribution in [0.25, 0.3) is 0 Å². The summed E-state index contributed by atoms with van der Waals surface area (Å²) in [6.45, 7) is 2.28. The summed E-state index contributed by atoms with van der Waals surface area (Å²) in [5, 5.41) is 3.78. The Morgan fingerprint density at radius 1 is 1.54 bits per heavy atom. The first-order valence-corrected chi connectivity index (χ1v) is 4.70. The molecule has 0 saturated carbocycles. The van der Waals surface area contributed by atoms with Crippen LogP contribution in [0.3, 0.4) is 0 Å². The molecular weight excluding hydrogens is 189 g/mol. The normalized spacial score (nSPS) is 26.4. The largest absolute Gasteiger partial charge is 0.385 e. The highest BCUT2D eigenvalue weighted by Gasteiger charge is 2.31. The maximum Gasteiger partial charge on any atom is 0.136 e. The van der Waals surface area contributed by atoms with Crippen molar-refractivity contribution in [3.63, 3.8) is 0 Å². The molecule has 1 aliphatic rings. The molecule has 0 spiro atoms. The fourth-order valence-corrected chi connectivity index (χ4v) is 1.86. The van der Waals surface area contributed by atoms with Gasteiger partial charge in [-0.3, -0.25) is 0 Å². The first-order valence-electron chi connectivity index (χ1n) is 4.32. The van der Waals surface area contributed by atoms with Crippen LogP contribution in [0, 0.1) is 0 Å². The monoisotopic (exact) mass is 199 g/mol. The zero-order valence-corrected chi connectivity index (χ0v) is 8.16. The van der Waals surface area contributed by atoms with E-state index in [-0.39, 0.29) is 0 Å². The quantitative estimate of drug-likeness (QED) is 0.676. The van der Waals surface area contributed by atoms with Crippen molar-refractivity contribution in [2.45, 2.75) is 19.0 Å². The van der Waals surface area contributed by atoms with Crippen LogP contribution in [0.15, 0.2) is 18.2 Å². The summed E-state index contributed by atoms with van der Waals surface area (Å²) in [5.74, 6) is 0.